The smallest absolute Gasteiger partial charge is 0.270 e. The van der Waals surface area contributed by atoms with Gasteiger partial charge in [0.15, 0.2) is 0 Å². The van der Waals surface area contributed by atoms with E-state index in [4.69, 9.17) is 0 Å². The summed E-state index contributed by atoms with van der Waals surface area (Å²) >= 11 is 5.27. The summed E-state index contributed by atoms with van der Waals surface area (Å²) in [5.74, 6) is 1.19. The van der Waals surface area contributed by atoms with Gasteiger partial charge in [-0.25, -0.2) is 0 Å². The van der Waals surface area contributed by atoms with Gasteiger partial charge in [0.1, 0.15) is 5.69 Å². The molecule has 0 aliphatic carbocycles. The van der Waals surface area contributed by atoms with Crippen LogP contribution in [0.5, 0.6) is 0 Å². The lowest BCUT2D eigenvalue weighted by atomic mass is 10.2. The second kappa shape index (κ2) is 8.00. The van der Waals surface area contributed by atoms with Crippen molar-refractivity contribution < 1.29 is 4.79 Å². The van der Waals surface area contributed by atoms with Gasteiger partial charge in [-0.15, -0.1) is 0 Å². The monoisotopic (exact) mass is 346 g/mol. The Hall–Kier alpha value is -0.420. The SMILES string of the molecule is CCCn1cc(Br)cc1C(=O)N(C)C(C)CCSC. The third-order valence-corrected chi connectivity index (χ3v) is 4.35. The minimum atomic E-state index is 0.104. The average molecular weight is 347 g/mol. The van der Waals surface area contributed by atoms with E-state index in [-0.39, 0.29) is 11.9 Å². The molecule has 1 aromatic heterocycles. The molecule has 0 fully saturated rings. The maximum Gasteiger partial charge on any atom is 0.270 e. The van der Waals surface area contributed by atoms with E-state index in [9.17, 15) is 4.79 Å². The fraction of sp³-hybridized carbons (Fsp3) is 0.643. The summed E-state index contributed by atoms with van der Waals surface area (Å²) in [5.41, 5.74) is 0.771. The highest BCUT2D eigenvalue weighted by Gasteiger charge is 2.20. The molecule has 0 aliphatic rings. The lowest BCUT2D eigenvalue weighted by molar-refractivity contribution is 0.0730. The molecule has 0 N–H and O–H groups in total. The van der Waals surface area contributed by atoms with Gasteiger partial charge >= 0.3 is 0 Å². The summed E-state index contributed by atoms with van der Waals surface area (Å²) < 4.78 is 3.00. The zero-order chi connectivity index (χ0) is 14.4. The molecular formula is C14H23BrN2OS. The summed E-state index contributed by atoms with van der Waals surface area (Å²) in [7, 11) is 1.89. The van der Waals surface area contributed by atoms with Gasteiger partial charge in [-0.2, -0.15) is 11.8 Å². The number of aryl methyl sites for hydroxylation is 1. The molecule has 0 aliphatic heterocycles. The Bertz CT molecular complexity index is 420. The first-order valence-corrected chi connectivity index (χ1v) is 8.81. The van der Waals surface area contributed by atoms with Gasteiger partial charge in [-0.1, -0.05) is 6.92 Å². The molecule has 3 nitrogen and oxygen atoms in total. The van der Waals surface area contributed by atoms with Crippen LogP contribution < -0.4 is 0 Å². The number of thioether (sulfide) groups is 1. The molecule has 0 saturated heterocycles. The van der Waals surface area contributed by atoms with Gasteiger partial charge < -0.3 is 9.47 Å². The Balaban J connectivity index is 2.81. The molecule has 0 bridgehead atoms. The molecular weight excluding hydrogens is 324 g/mol. The molecule has 0 spiro atoms. The van der Waals surface area contributed by atoms with E-state index in [0.717, 1.165) is 35.3 Å². The van der Waals surface area contributed by atoms with E-state index < -0.39 is 0 Å². The Morgan fingerprint density at radius 1 is 1.58 bits per heavy atom. The van der Waals surface area contributed by atoms with Crippen molar-refractivity contribution in [1.29, 1.82) is 0 Å². The van der Waals surface area contributed by atoms with Gasteiger partial charge in [-0.3, -0.25) is 4.79 Å². The average Bonchev–Trinajstić information content (AvgIpc) is 2.75. The number of rotatable bonds is 7. The minimum Gasteiger partial charge on any atom is -0.342 e. The number of amides is 1. The van der Waals surface area contributed by atoms with Crippen LogP contribution in [0.25, 0.3) is 0 Å². The van der Waals surface area contributed by atoms with Crippen molar-refractivity contribution in [1.82, 2.24) is 9.47 Å². The van der Waals surface area contributed by atoms with E-state index in [0.29, 0.717) is 0 Å². The normalized spacial score (nSPS) is 12.5. The summed E-state index contributed by atoms with van der Waals surface area (Å²) in [6, 6.07) is 2.18. The van der Waals surface area contributed by atoms with Crippen molar-refractivity contribution in [2.24, 2.45) is 0 Å². The maximum atomic E-state index is 12.5. The number of halogens is 1. The Morgan fingerprint density at radius 3 is 2.84 bits per heavy atom. The van der Waals surface area contributed by atoms with Crippen LogP contribution >= 0.6 is 27.7 Å². The number of carbonyl (C=O) groups excluding carboxylic acids is 1. The first-order chi connectivity index (χ1) is 9.01. The molecule has 1 aromatic rings. The molecule has 5 heteroatoms. The molecule has 108 valence electrons. The largest absolute Gasteiger partial charge is 0.342 e. The van der Waals surface area contributed by atoms with Gasteiger partial charge in [-0.05, 0) is 53.8 Å². The van der Waals surface area contributed by atoms with Crippen molar-refractivity contribution in [3.05, 3.63) is 22.4 Å². The first-order valence-electron chi connectivity index (χ1n) is 6.63. The number of hydrogen-bond donors (Lipinski definition) is 0. The number of aromatic nitrogens is 1. The zero-order valence-electron chi connectivity index (χ0n) is 12.1. The number of carbonyl (C=O) groups is 1. The van der Waals surface area contributed by atoms with Crippen LogP contribution in [0.3, 0.4) is 0 Å². The Labute approximate surface area is 128 Å². The summed E-state index contributed by atoms with van der Waals surface area (Å²) in [6.45, 7) is 5.10. The highest BCUT2D eigenvalue weighted by atomic mass is 79.9. The van der Waals surface area contributed by atoms with E-state index in [1.54, 1.807) is 0 Å². The standard InChI is InChI=1S/C14H23BrN2OS/c1-5-7-17-10-12(15)9-13(17)14(18)16(3)11(2)6-8-19-4/h9-11H,5-8H2,1-4H3. The van der Waals surface area contributed by atoms with Crippen LogP contribution in [-0.4, -0.2) is 40.5 Å². The zero-order valence-corrected chi connectivity index (χ0v) is 14.6. The van der Waals surface area contributed by atoms with E-state index >= 15 is 0 Å². The first kappa shape index (κ1) is 16.6. The number of hydrogen-bond acceptors (Lipinski definition) is 2. The molecule has 0 aromatic carbocycles. The Morgan fingerprint density at radius 2 is 2.26 bits per heavy atom. The Kier molecular flexibility index (Phi) is 7.00. The maximum absolute atomic E-state index is 12.5. The quantitative estimate of drug-likeness (QED) is 0.748. The van der Waals surface area contributed by atoms with Gasteiger partial charge in [0, 0.05) is 30.3 Å². The summed E-state index contributed by atoms with van der Waals surface area (Å²) in [5, 5.41) is 0. The van der Waals surface area contributed by atoms with E-state index in [1.807, 2.05) is 40.5 Å². The number of nitrogens with zero attached hydrogens (tertiary/aromatic N) is 2. The van der Waals surface area contributed by atoms with Crippen molar-refractivity contribution in [3.63, 3.8) is 0 Å². The third kappa shape index (κ3) is 4.56. The van der Waals surface area contributed by atoms with Crippen LogP contribution in [0.2, 0.25) is 0 Å². The molecule has 1 amide bonds. The molecule has 1 heterocycles. The molecule has 1 atom stereocenters. The molecule has 0 radical (unpaired) electrons. The topological polar surface area (TPSA) is 25.2 Å². The molecule has 0 saturated carbocycles. The van der Waals surface area contributed by atoms with Crippen LogP contribution in [0, 0.1) is 0 Å². The fourth-order valence-corrected chi connectivity index (χ4v) is 2.98. The third-order valence-electron chi connectivity index (χ3n) is 3.27. The van der Waals surface area contributed by atoms with Crippen LogP contribution in [0.15, 0.2) is 16.7 Å². The second-order valence-electron chi connectivity index (χ2n) is 4.78. The van der Waals surface area contributed by atoms with Gasteiger partial charge in [0.2, 0.25) is 0 Å². The molecule has 1 rings (SSSR count). The summed E-state index contributed by atoms with van der Waals surface area (Å²) in [4.78, 5) is 14.4. The van der Waals surface area contributed by atoms with Crippen LogP contribution in [0.4, 0.5) is 0 Å². The van der Waals surface area contributed by atoms with Crippen molar-refractivity contribution >= 4 is 33.6 Å². The predicted molar refractivity (Wildman–Crippen MR) is 87.0 cm³/mol. The fourth-order valence-electron chi connectivity index (χ4n) is 1.94. The van der Waals surface area contributed by atoms with Crippen molar-refractivity contribution in [2.75, 3.05) is 19.1 Å². The lowest BCUT2D eigenvalue weighted by Crippen LogP contribution is -2.36. The highest BCUT2D eigenvalue weighted by Crippen LogP contribution is 2.18. The summed E-state index contributed by atoms with van der Waals surface area (Å²) in [6.07, 6.45) is 6.13. The van der Waals surface area contributed by atoms with Gasteiger partial charge in [0.25, 0.3) is 5.91 Å². The van der Waals surface area contributed by atoms with E-state index in [1.165, 1.54) is 0 Å². The second-order valence-corrected chi connectivity index (χ2v) is 6.68. The van der Waals surface area contributed by atoms with Gasteiger partial charge in [0.05, 0.1) is 0 Å². The van der Waals surface area contributed by atoms with Crippen molar-refractivity contribution in [2.45, 2.75) is 39.3 Å². The minimum absolute atomic E-state index is 0.104. The molecule has 1 unspecified atom stereocenters. The predicted octanol–water partition coefficient (Wildman–Crippen LogP) is 3.87. The highest BCUT2D eigenvalue weighted by molar-refractivity contribution is 9.10. The lowest BCUT2D eigenvalue weighted by Gasteiger charge is -2.25. The van der Waals surface area contributed by atoms with E-state index in [2.05, 4.69) is 36.0 Å². The van der Waals surface area contributed by atoms with Crippen LogP contribution in [-0.2, 0) is 6.54 Å². The molecule has 19 heavy (non-hydrogen) atoms. The van der Waals surface area contributed by atoms with Crippen LogP contribution in [0.1, 0.15) is 37.2 Å². The van der Waals surface area contributed by atoms with Crippen molar-refractivity contribution in [3.8, 4) is 0 Å².